The van der Waals surface area contributed by atoms with Crippen molar-refractivity contribution in [1.82, 2.24) is 0 Å². The zero-order valence-electron chi connectivity index (χ0n) is 4.51. The van der Waals surface area contributed by atoms with Gasteiger partial charge >= 0.3 is 23.7 Å². The van der Waals surface area contributed by atoms with Crippen LogP contribution in [0.4, 0.5) is 0 Å². The molecule has 44 valence electrons. The Morgan fingerprint density at radius 3 is 1.43 bits per heavy atom. The summed E-state index contributed by atoms with van der Waals surface area (Å²) >= 11 is 0.750. The van der Waals surface area contributed by atoms with Crippen molar-refractivity contribution in [1.29, 1.82) is 0 Å². The molecule has 0 atom stereocenters. The molecule has 0 radical (unpaired) electrons. The second-order valence-corrected chi connectivity index (χ2v) is 0.316. The van der Waals surface area contributed by atoms with Crippen LogP contribution in [-0.4, -0.2) is 23.9 Å². The van der Waals surface area contributed by atoms with Gasteiger partial charge in [-0.2, -0.15) is 0 Å². The van der Waals surface area contributed by atoms with Crippen molar-refractivity contribution >= 4 is 0 Å². The third-order valence-corrected chi connectivity index (χ3v) is 0. The van der Waals surface area contributed by atoms with Crippen LogP contribution in [0.5, 0.6) is 0 Å². The van der Waals surface area contributed by atoms with E-state index in [2.05, 4.69) is 0 Å². The molecule has 0 aliphatic carbocycles. The molecule has 0 aromatic heterocycles. The van der Waals surface area contributed by atoms with Crippen LogP contribution in [0.15, 0.2) is 0 Å². The summed E-state index contributed by atoms with van der Waals surface area (Å²) in [6.45, 7) is 1.93. The first kappa shape index (κ1) is 15.7. The SMILES string of the molecule is CCO.CO.[O]=[Ti]. The Labute approximate surface area is 55.1 Å². The molecule has 0 bridgehead atoms. The van der Waals surface area contributed by atoms with Gasteiger partial charge in [-0.25, -0.2) is 0 Å². The summed E-state index contributed by atoms with van der Waals surface area (Å²) in [5, 5.41) is 14.6. The van der Waals surface area contributed by atoms with Gasteiger partial charge in [-0.05, 0) is 6.92 Å². The van der Waals surface area contributed by atoms with Crippen LogP contribution >= 0.6 is 0 Å². The molecule has 0 unspecified atom stereocenters. The predicted molar refractivity (Wildman–Crippen MR) is 21.6 cm³/mol. The molecule has 7 heavy (non-hydrogen) atoms. The molecule has 0 fully saturated rings. The fraction of sp³-hybridized carbons (Fsp3) is 1.00. The van der Waals surface area contributed by atoms with Gasteiger partial charge in [-0.3, -0.25) is 0 Å². The van der Waals surface area contributed by atoms with E-state index in [0.717, 1.165) is 27.5 Å². The molecule has 0 spiro atoms. The second kappa shape index (κ2) is 92.4. The Balaban J connectivity index is -0.0000000360. The maximum absolute atomic E-state index is 8.25. The Bertz CT molecular complexity index is 14.1. The van der Waals surface area contributed by atoms with E-state index < -0.39 is 0 Å². The van der Waals surface area contributed by atoms with Gasteiger partial charge in [0.25, 0.3) is 0 Å². The summed E-state index contributed by atoms with van der Waals surface area (Å²) in [5.41, 5.74) is 0. The quantitative estimate of drug-likeness (QED) is 0.447. The molecule has 0 rings (SSSR count). The zero-order chi connectivity index (χ0) is 6.71. The molecule has 0 aromatic carbocycles. The van der Waals surface area contributed by atoms with Gasteiger partial charge in [0, 0.05) is 13.7 Å². The molecule has 0 aliphatic heterocycles. The van der Waals surface area contributed by atoms with E-state index in [4.69, 9.17) is 13.5 Å². The summed E-state index contributed by atoms with van der Waals surface area (Å²) in [7, 11) is 1.00. The molecule has 0 aliphatic rings. The predicted octanol–water partition coefficient (Wildman–Crippen LogP) is -0.514. The van der Waals surface area contributed by atoms with Crippen LogP contribution in [0.1, 0.15) is 6.92 Å². The van der Waals surface area contributed by atoms with Crippen LogP contribution in [0, 0.1) is 0 Å². The van der Waals surface area contributed by atoms with Crippen molar-refractivity contribution in [2.75, 3.05) is 13.7 Å². The van der Waals surface area contributed by atoms with Crippen LogP contribution in [0.2, 0.25) is 0 Å². The van der Waals surface area contributed by atoms with Crippen molar-refractivity contribution in [3.8, 4) is 0 Å². The van der Waals surface area contributed by atoms with Crippen LogP contribution < -0.4 is 0 Å². The Hall–Kier alpha value is 0.434. The third kappa shape index (κ3) is 671. The molecule has 2 N–H and O–H groups in total. The second-order valence-electron chi connectivity index (χ2n) is 0.316. The average molecular weight is 142 g/mol. The first-order valence-electron chi connectivity index (χ1n) is 1.67. The fourth-order valence-corrected chi connectivity index (χ4v) is 0. The van der Waals surface area contributed by atoms with Crippen molar-refractivity contribution in [2.45, 2.75) is 6.92 Å². The third-order valence-electron chi connectivity index (χ3n) is 0. The first-order chi connectivity index (χ1) is 3.41. The minimum atomic E-state index is 0.250. The number of aliphatic hydroxyl groups excluding tert-OH is 2. The van der Waals surface area contributed by atoms with Gasteiger partial charge in [-0.1, -0.05) is 0 Å². The van der Waals surface area contributed by atoms with Crippen LogP contribution in [0.25, 0.3) is 0 Å². The summed E-state index contributed by atoms with van der Waals surface area (Å²) < 4.78 is 8.25. The molecular formula is C3H10O3Ti. The topological polar surface area (TPSA) is 57.5 Å². The molecule has 0 aromatic rings. The summed E-state index contributed by atoms with van der Waals surface area (Å²) in [6.07, 6.45) is 0. The minimum absolute atomic E-state index is 0.250. The number of rotatable bonds is 0. The van der Waals surface area contributed by atoms with Crippen molar-refractivity contribution in [2.24, 2.45) is 0 Å². The average Bonchev–Trinajstić information content (AvgIpc) is 1.78. The Morgan fingerprint density at radius 1 is 1.43 bits per heavy atom. The summed E-state index contributed by atoms with van der Waals surface area (Å²) in [4.78, 5) is 0. The van der Waals surface area contributed by atoms with Gasteiger partial charge in [0.05, 0.1) is 0 Å². The normalized spacial score (nSPS) is 3.86. The van der Waals surface area contributed by atoms with E-state index in [9.17, 15) is 0 Å². The van der Waals surface area contributed by atoms with Gasteiger partial charge in [0.1, 0.15) is 0 Å². The Kier molecular flexibility index (Phi) is 207. The monoisotopic (exact) mass is 142 g/mol. The molecule has 0 heterocycles. The zero-order valence-corrected chi connectivity index (χ0v) is 6.07. The van der Waals surface area contributed by atoms with Gasteiger partial charge in [0.15, 0.2) is 0 Å². The van der Waals surface area contributed by atoms with E-state index >= 15 is 0 Å². The van der Waals surface area contributed by atoms with E-state index in [1.807, 2.05) is 0 Å². The first-order valence-corrected chi connectivity index (χ1v) is 2.31. The molecule has 3 nitrogen and oxygen atoms in total. The molecule has 0 saturated heterocycles. The fourth-order valence-electron chi connectivity index (χ4n) is 0. The molecule has 0 saturated carbocycles. The summed E-state index contributed by atoms with van der Waals surface area (Å²) in [6, 6.07) is 0. The van der Waals surface area contributed by atoms with Crippen molar-refractivity contribution in [3.05, 3.63) is 0 Å². The summed E-state index contributed by atoms with van der Waals surface area (Å²) in [5.74, 6) is 0. The van der Waals surface area contributed by atoms with Crippen LogP contribution in [0.3, 0.4) is 0 Å². The number of hydrogen-bond acceptors (Lipinski definition) is 3. The van der Waals surface area contributed by atoms with Crippen LogP contribution in [-0.2, 0) is 23.7 Å². The van der Waals surface area contributed by atoms with E-state index in [1.165, 1.54) is 0 Å². The van der Waals surface area contributed by atoms with Gasteiger partial charge in [-0.15, -0.1) is 0 Å². The van der Waals surface area contributed by atoms with Crippen molar-refractivity contribution in [3.63, 3.8) is 0 Å². The van der Waals surface area contributed by atoms with E-state index in [1.54, 1.807) is 6.92 Å². The van der Waals surface area contributed by atoms with E-state index in [-0.39, 0.29) is 6.61 Å². The van der Waals surface area contributed by atoms with Crippen molar-refractivity contribution < 1.29 is 33.9 Å². The number of hydrogen-bond donors (Lipinski definition) is 2. The Morgan fingerprint density at radius 2 is 1.43 bits per heavy atom. The molecule has 4 heteroatoms. The maximum atomic E-state index is 8.25. The standard InChI is InChI=1S/C2H6O.CH4O.O.Ti/c1-2-3;1-2;;/h3H,2H2,1H3;2H,1H3;;. The molecular weight excluding hydrogens is 132 g/mol. The molecule has 0 amide bonds. The van der Waals surface area contributed by atoms with Gasteiger partial charge in [0.2, 0.25) is 0 Å². The van der Waals surface area contributed by atoms with E-state index in [0.29, 0.717) is 0 Å². The van der Waals surface area contributed by atoms with Gasteiger partial charge < -0.3 is 10.2 Å². The number of aliphatic hydroxyl groups is 2.